The van der Waals surface area contributed by atoms with Gasteiger partial charge in [-0.1, -0.05) is 25.0 Å². The van der Waals surface area contributed by atoms with E-state index in [2.05, 4.69) is 5.32 Å². The van der Waals surface area contributed by atoms with Crippen LogP contribution in [0, 0.1) is 10.1 Å². The number of non-ortho nitro benzene ring substituents is 1. The molecule has 0 saturated heterocycles. The summed E-state index contributed by atoms with van der Waals surface area (Å²) in [6, 6.07) is 6.79. The Kier molecular flexibility index (Phi) is 7.68. The number of nitro groups is 1. The maximum atomic E-state index is 11.6. The molecule has 0 aliphatic rings. The number of ether oxygens (including phenoxy) is 1. The predicted octanol–water partition coefficient (Wildman–Crippen LogP) is 4.61. The number of rotatable bonds is 8. The van der Waals surface area contributed by atoms with Gasteiger partial charge in [-0.3, -0.25) is 10.1 Å². The maximum absolute atomic E-state index is 11.6. The van der Waals surface area contributed by atoms with Gasteiger partial charge in [-0.05, 0) is 52.5 Å². The quantitative estimate of drug-likeness (QED) is 0.427. The second-order valence-corrected chi connectivity index (χ2v) is 7.07. The van der Waals surface area contributed by atoms with Gasteiger partial charge in [-0.25, -0.2) is 4.79 Å². The predicted molar refractivity (Wildman–Crippen MR) is 94.1 cm³/mol. The Morgan fingerprint density at radius 1 is 1.21 bits per heavy atom. The third kappa shape index (κ3) is 8.50. The first-order valence-electron chi connectivity index (χ1n) is 8.40. The van der Waals surface area contributed by atoms with E-state index < -0.39 is 5.60 Å². The number of alkyl carbamates (subject to hydrolysis) is 1. The normalized spacial score (nSPS) is 12.5. The summed E-state index contributed by atoms with van der Waals surface area (Å²) in [7, 11) is 0. The average molecular weight is 336 g/mol. The van der Waals surface area contributed by atoms with Crippen LogP contribution in [0.25, 0.3) is 0 Å². The van der Waals surface area contributed by atoms with Crippen molar-refractivity contribution in [3.63, 3.8) is 0 Å². The molecule has 0 aliphatic carbocycles. The molecule has 1 atom stereocenters. The van der Waals surface area contributed by atoms with Crippen LogP contribution in [-0.2, 0) is 11.2 Å². The second-order valence-electron chi connectivity index (χ2n) is 7.07. The van der Waals surface area contributed by atoms with Gasteiger partial charge in [0.2, 0.25) is 0 Å². The van der Waals surface area contributed by atoms with Crippen LogP contribution in [0.1, 0.15) is 58.9 Å². The smallest absolute Gasteiger partial charge is 0.407 e. The van der Waals surface area contributed by atoms with Gasteiger partial charge in [0.1, 0.15) is 5.60 Å². The highest BCUT2D eigenvalue weighted by Gasteiger charge is 2.17. The summed E-state index contributed by atoms with van der Waals surface area (Å²) in [5, 5.41) is 13.4. The Hall–Kier alpha value is -2.11. The summed E-state index contributed by atoms with van der Waals surface area (Å²) in [4.78, 5) is 21.8. The van der Waals surface area contributed by atoms with Crippen LogP contribution in [0.15, 0.2) is 24.3 Å². The first-order chi connectivity index (χ1) is 11.2. The van der Waals surface area contributed by atoms with E-state index in [-0.39, 0.29) is 22.7 Å². The molecule has 0 bridgehead atoms. The number of aryl methyl sites for hydroxylation is 1. The number of hydrogen-bond donors (Lipinski definition) is 1. The van der Waals surface area contributed by atoms with Crippen molar-refractivity contribution in [3.05, 3.63) is 39.9 Å². The zero-order valence-corrected chi connectivity index (χ0v) is 15.0. The van der Waals surface area contributed by atoms with Gasteiger partial charge in [0, 0.05) is 18.2 Å². The Bertz CT molecular complexity index is 535. The summed E-state index contributed by atoms with van der Waals surface area (Å²) >= 11 is 0. The fourth-order valence-electron chi connectivity index (χ4n) is 2.32. The van der Waals surface area contributed by atoms with Crippen molar-refractivity contribution < 1.29 is 14.5 Å². The van der Waals surface area contributed by atoms with E-state index in [1.165, 1.54) is 0 Å². The molecule has 0 aromatic heterocycles. The Morgan fingerprint density at radius 2 is 1.83 bits per heavy atom. The molecular weight excluding hydrogens is 308 g/mol. The number of nitrogens with one attached hydrogen (secondary N) is 1. The number of nitro benzene ring substituents is 1. The van der Waals surface area contributed by atoms with Crippen LogP contribution < -0.4 is 5.32 Å². The van der Waals surface area contributed by atoms with Crippen molar-refractivity contribution in [2.45, 2.75) is 71.4 Å². The standard InChI is InChI=1S/C18H28N2O4/c1-14(19-17(21)24-18(2,3)4)8-6-5-7-9-15-10-12-16(13-11-15)20(22)23/h10-14H,5-9H2,1-4H3,(H,19,21)/t14-/m0/s1. The minimum absolute atomic E-state index is 0.0826. The van der Waals surface area contributed by atoms with E-state index in [0.717, 1.165) is 37.7 Å². The molecule has 1 amide bonds. The van der Waals surface area contributed by atoms with Gasteiger partial charge < -0.3 is 10.1 Å². The van der Waals surface area contributed by atoms with Crippen LogP contribution in [0.3, 0.4) is 0 Å². The van der Waals surface area contributed by atoms with Gasteiger partial charge in [0.15, 0.2) is 0 Å². The molecule has 1 aromatic carbocycles. The van der Waals surface area contributed by atoms with Crippen molar-refractivity contribution in [1.29, 1.82) is 0 Å². The van der Waals surface area contributed by atoms with Crippen LogP contribution in [0.4, 0.5) is 10.5 Å². The summed E-state index contributed by atoms with van der Waals surface area (Å²) in [5.41, 5.74) is 0.760. The topological polar surface area (TPSA) is 81.5 Å². The minimum Gasteiger partial charge on any atom is -0.444 e. The van der Waals surface area contributed by atoms with Crippen molar-refractivity contribution >= 4 is 11.8 Å². The second kappa shape index (κ2) is 9.25. The van der Waals surface area contributed by atoms with Gasteiger partial charge in [0.25, 0.3) is 5.69 Å². The number of unbranched alkanes of at least 4 members (excludes halogenated alkanes) is 2. The zero-order valence-electron chi connectivity index (χ0n) is 15.0. The maximum Gasteiger partial charge on any atom is 0.407 e. The van der Waals surface area contributed by atoms with Crippen LogP contribution in [0.2, 0.25) is 0 Å². The first-order valence-corrected chi connectivity index (χ1v) is 8.40. The van der Waals surface area contributed by atoms with E-state index in [1.54, 1.807) is 12.1 Å². The molecule has 6 heteroatoms. The molecule has 0 fully saturated rings. The lowest BCUT2D eigenvalue weighted by atomic mass is 10.0. The molecule has 1 rings (SSSR count). The highest BCUT2D eigenvalue weighted by molar-refractivity contribution is 5.67. The number of carbonyl (C=O) groups excluding carboxylic acids is 1. The van der Waals surface area contributed by atoms with Crippen molar-refractivity contribution in [2.75, 3.05) is 0 Å². The molecule has 0 unspecified atom stereocenters. The Labute approximate surface area is 143 Å². The van der Waals surface area contributed by atoms with Gasteiger partial charge in [-0.15, -0.1) is 0 Å². The molecule has 24 heavy (non-hydrogen) atoms. The summed E-state index contributed by atoms with van der Waals surface area (Å²) < 4.78 is 5.22. The van der Waals surface area contributed by atoms with E-state index >= 15 is 0 Å². The summed E-state index contributed by atoms with van der Waals surface area (Å²) in [5.74, 6) is 0. The Morgan fingerprint density at radius 3 is 2.38 bits per heavy atom. The van der Waals surface area contributed by atoms with Gasteiger partial charge >= 0.3 is 6.09 Å². The van der Waals surface area contributed by atoms with E-state index in [9.17, 15) is 14.9 Å². The molecule has 1 N–H and O–H groups in total. The van der Waals surface area contributed by atoms with E-state index in [0.29, 0.717) is 0 Å². The average Bonchev–Trinajstić information content (AvgIpc) is 2.45. The molecule has 134 valence electrons. The minimum atomic E-state index is -0.478. The number of nitrogens with zero attached hydrogens (tertiary/aromatic N) is 1. The molecule has 0 heterocycles. The summed E-state index contributed by atoms with van der Waals surface area (Å²) in [6.45, 7) is 7.50. The SMILES string of the molecule is C[C@@H](CCCCCc1ccc([N+](=O)[O-])cc1)NC(=O)OC(C)(C)C. The van der Waals surface area contributed by atoms with Crippen LogP contribution in [-0.4, -0.2) is 22.7 Å². The third-order valence-electron chi connectivity index (χ3n) is 3.51. The Balaban J connectivity index is 2.17. The largest absolute Gasteiger partial charge is 0.444 e. The lowest BCUT2D eigenvalue weighted by Gasteiger charge is -2.21. The van der Waals surface area contributed by atoms with Gasteiger partial charge in [0.05, 0.1) is 4.92 Å². The number of hydrogen-bond acceptors (Lipinski definition) is 4. The van der Waals surface area contributed by atoms with Crippen molar-refractivity contribution in [2.24, 2.45) is 0 Å². The molecule has 0 aliphatic heterocycles. The number of carbonyl (C=O) groups is 1. The van der Waals surface area contributed by atoms with E-state index in [4.69, 9.17) is 4.74 Å². The lowest BCUT2D eigenvalue weighted by molar-refractivity contribution is -0.384. The number of benzene rings is 1. The lowest BCUT2D eigenvalue weighted by Crippen LogP contribution is -2.37. The monoisotopic (exact) mass is 336 g/mol. The molecule has 0 spiro atoms. The first kappa shape index (κ1) is 19.9. The molecule has 0 radical (unpaired) electrons. The summed E-state index contributed by atoms with van der Waals surface area (Å²) in [6.07, 6.45) is 4.53. The van der Waals surface area contributed by atoms with Gasteiger partial charge in [-0.2, -0.15) is 0 Å². The molecule has 6 nitrogen and oxygen atoms in total. The molecule has 0 saturated carbocycles. The highest BCUT2D eigenvalue weighted by atomic mass is 16.6. The molecular formula is C18H28N2O4. The highest BCUT2D eigenvalue weighted by Crippen LogP contribution is 2.15. The van der Waals surface area contributed by atoms with Crippen molar-refractivity contribution in [3.8, 4) is 0 Å². The van der Waals surface area contributed by atoms with Crippen molar-refractivity contribution in [1.82, 2.24) is 5.32 Å². The fourth-order valence-corrected chi connectivity index (χ4v) is 2.32. The molecule has 1 aromatic rings. The van der Waals surface area contributed by atoms with Crippen LogP contribution >= 0.6 is 0 Å². The zero-order chi connectivity index (χ0) is 18.2. The number of amides is 1. The van der Waals surface area contributed by atoms with E-state index in [1.807, 2.05) is 39.8 Å². The third-order valence-corrected chi connectivity index (χ3v) is 3.51. The van der Waals surface area contributed by atoms with Crippen LogP contribution in [0.5, 0.6) is 0 Å². The fraction of sp³-hybridized carbons (Fsp3) is 0.611.